The molecular formula is C33H32N2O4. The van der Waals surface area contributed by atoms with Crippen molar-refractivity contribution in [2.45, 2.75) is 45.8 Å². The van der Waals surface area contributed by atoms with Crippen LogP contribution < -0.4 is 10.1 Å². The predicted molar refractivity (Wildman–Crippen MR) is 150 cm³/mol. The van der Waals surface area contributed by atoms with Gasteiger partial charge in [0.2, 0.25) is 5.91 Å². The first-order chi connectivity index (χ1) is 18.9. The average Bonchev–Trinajstić information content (AvgIpc) is 3.69. The quantitative estimate of drug-likeness (QED) is 0.298. The van der Waals surface area contributed by atoms with Crippen LogP contribution in [0.3, 0.4) is 0 Å². The molecule has 39 heavy (non-hydrogen) atoms. The summed E-state index contributed by atoms with van der Waals surface area (Å²) in [5.41, 5.74) is 6.49. The molecule has 0 radical (unpaired) electrons. The Hall–Kier alpha value is -4.32. The Kier molecular flexibility index (Phi) is 6.69. The molecule has 1 fully saturated rings. The Balaban J connectivity index is 1.19. The number of hydrogen-bond donors (Lipinski definition) is 1. The number of hydrogen-bond acceptors (Lipinski definition) is 4. The van der Waals surface area contributed by atoms with Crippen LogP contribution in [0.4, 0.5) is 5.69 Å². The molecule has 1 saturated carbocycles. The summed E-state index contributed by atoms with van der Waals surface area (Å²) in [5.74, 6) is 1.60. The zero-order valence-electron chi connectivity index (χ0n) is 22.3. The molecule has 1 aliphatic carbocycles. The summed E-state index contributed by atoms with van der Waals surface area (Å²) in [5, 5.41) is 2.85. The molecular weight excluding hydrogens is 488 g/mol. The fourth-order valence-corrected chi connectivity index (χ4v) is 5.15. The van der Waals surface area contributed by atoms with E-state index in [4.69, 9.17) is 9.15 Å². The van der Waals surface area contributed by atoms with Gasteiger partial charge >= 0.3 is 0 Å². The highest BCUT2D eigenvalue weighted by atomic mass is 16.5. The van der Waals surface area contributed by atoms with Crippen LogP contribution in [0.2, 0.25) is 0 Å². The highest BCUT2D eigenvalue weighted by molar-refractivity contribution is 6.02. The van der Waals surface area contributed by atoms with Crippen molar-refractivity contribution in [1.29, 1.82) is 0 Å². The van der Waals surface area contributed by atoms with E-state index in [0.717, 1.165) is 42.5 Å². The maximum atomic E-state index is 13.3. The molecule has 2 heterocycles. The van der Waals surface area contributed by atoms with Crippen LogP contribution >= 0.6 is 0 Å². The summed E-state index contributed by atoms with van der Waals surface area (Å²) in [4.78, 5) is 27.9. The highest BCUT2D eigenvalue weighted by Gasteiger charge is 2.39. The van der Waals surface area contributed by atoms with Crippen molar-refractivity contribution in [1.82, 2.24) is 4.90 Å². The van der Waals surface area contributed by atoms with Crippen LogP contribution in [-0.2, 0) is 17.8 Å². The van der Waals surface area contributed by atoms with Gasteiger partial charge in [-0.1, -0.05) is 53.6 Å². The minimum Gasteiger partial charge on any atom is -0.486 e. The topological polar surface area (TPSA) is 71.8 Å². The van der Waals surface area contributed by atoms with Crippen LogP contribution in [0, 0.1) is 19.8 Å². The predicted octanol–water partition coefficient (Wildman–Crippen LogP) is 6.61. The van der Waals surface area contributed by atoms with Gasteiger partial charge in [-0.2, -0.15) is 0 Å². The molecule has 1 aliphatic heterocycles. The van der Waals surface area contributed by atoms with Crippen molar-refractivity contribution in [2.24, 2.45) is 5.92 Å². The third kappa shape index (κ3) is 5.46. The number of nitrogens with zero attached hydrogens (tertiary/aromatic N) is 1. The minimum absolute atomic E-state index is 0.133. The molecule has 6 heteroatoms. The summed E-state index contributed by atoms with van der Waals surface area (Å²) < 4.78 is 11.9. The van der Waals surface area contributed by atoms with E-state index >= 15 is 0 Å². The normalized spacial score (nSPS) is 16.5. The van der Waals surface area contributed by atoms with E-state index in [9.17, 15) is 9.59 Å². The summed E-state index contributed by atoms with van der Waals surface area (Å²) >= 11 is 0. The largest absolute Gasteiger partial charge is 0.486 e. The lowest BCUT2D eigenvalue weighted by Gasteiger charge is -2.38. The molecule has 1 N–H and O–H groups in total. The first-order valence-electron chi connectivity index (χ1n) is 13.5. The number of furan rings is 1. The van der Waals surface area contributed by atoms with Gasteiger partial charge in [-0.3, -0.25) is 9.59 Å². The van der Waals surface area contributed by atoms with Gasteiger partial charge in [0.05, 0.1) is 6.04 Å². The number of rotatable bonds is 7. The summed E-state index contributed by atoms with van der Waals surface area (Å²) in [6.45, 7) is 4.99. The number of aryl methyl sites for hydroxylation is 2. The Morgan fingerprint density at radius 2 is 1.64 bits per heavy atom. The molecule has 3 aromatic carbocycles. The Morgan fingerprint density at radius 3 is 2.36 bits per heavy atom. The van der Waals surface area contributed by atoms with Gasteiger partial charge in [0.1, 0.15) is 18.1 Å². The summed E-state index contributed by atoms with van der Waals surface area (Å²) in [7, 11) is 0. The van der Waals surface area contributed by atoms with Crippen molar-refractivity contribution in [3.05, 3.63) is 118 Å². The number of benzene rings is 3. The number of ether oxygens (including phenoxy) is 1. The summed E-state index contributed by atoms with van der Waals surface area (Å²) in [6.07, 6.45) is 2.80. The van der Waals surface area contributed by atoms with E-state index in [-0.39, 0.29) is 36.1 Å². The second-order valence-corrected chi connectivity index (χ2v) is 10.6. The Morgan fingerprint density at radius 1 is 0.923 bits per heavy atom. The van der Waals surface area contributed by atoms with Crippen molar-refractivity contribution in [3.63, 3.8) is 0 Å². The fourth-order valence-electron chi connectivity index (χ4n) is 5.15. The molecule has 0 bridgehead atoms. The lowest BCUT2D eigenvalue weighted by atomic mass is 9.87. The van der Waals surface area contributed by atoms with Gasteiger partial charge in [0, 0.05) is 18.2 Å². The first-order valence-corrected chi connectivity index (χ1v) is 13.5. The monoisotopic (exact) mass is 520 g/mol. The van der Waals surface area contributed by atoms with Gasteiger partial charge < -0.3 is 19.4 Å². The lowest BCUT2D eigenvalue weighted by molar-refractivity contribution is -0.134. The maximum absolute atomic E-state index is 13.3. The van der Waals surface area contributed by atoms with Crippen molar-refractivity contribution >= 4 is 17.5 Å². The molecule has 6 nitrogen and oxygen atoms in total. The number of fused-ring (bicyclic) bond motifs is 1. The zero-order chi connectivity index (χ0) is 26.9. The maximum Gasteiger partial charge on any atom is 0.291 e. The fraction of sp³-hybridized carbons (Fsp3) is 0.273. The van der Waals surface area contributed by atoms with Crippen LogP contribution in [0.25, 0.3) is 0 Å². The van der Waals surface area contributed by atoms with Gasteiger partial charge in [0.15, 0.2) is 5.76 Å². The van der Waals surface area contributed by atoms with E-state index < -0.39 is 0 Å². The molecule has 0 spiro atoms. The number of carbonyl (C=O) groups excluding carboxylic acids is 2. The average molecular weight is 521 g/mol. The van der Waals surface area contributed by atoms with E-state index in [2.05, 4.69) is 53.5 Å². The third-order valence-electron chi connectivity index (χ3n) is 7.52. The molecule has 6 rings (SSSR count). The van der Waals surface area contributed by atoms with E-state index in [1.807, 2.05) is 37.3 Å². The van der Waals surface area contributed by atoms with E-state index in [0.29, 0.717) is 17.2 Å². The smallest absolute Gasteiger partial charge is 0.291 e. The molecule has 198 valence electrons. The van der Waals surface area contributed by atoms with Crippen LogP contribution in [0.5, 0.6) is 5.75 Å². The number of anilines is 1. The van der Waals surface area contributed by atoms with Crippen LogP contribution in [0.1, 0.15) is 63.0 Å². The molecule has 4 aromatic rings. The number of carbonyl (C=O) groups is 2. The van der Waals surface area contributed by atoms with Crippen LogP contribution in [-0.4, -0.2) is 23.3 Å². The first kappa shape index (κ1) is 25.0. The minimum atomic E-state index is -0.305. The van der Waals surface area contributed by atoms with Gasteiger partial charge in [-0.15, -0.1) is 0 Å². The van der Waals surface area contributed by atoms with Crippen molar-refractivity contribution in [2.75, 3.05) is 11.9 Å². The Labute approximate surface area is 228 Å². The number of amides is 2. The van der Waals surface area contributed by atoms with Gasteiger partial charge in [-0.25, -0.2) is 0 Å². The molecule has 0 unspecified atom stereocenters. The van der Waals surface area contributed by atoms with Crippen LogP contribution in [0.15, 0.2) is 83.3 Å². The van der Waals surface area contributed by atoms with Gasteiger partial charge in [0.25, 0.3) is 5.91 Å². The third-order valence-corrected chi connectivity index (χ3v) is 7.52. The molecule has 2 aliphatic rings. The summed E-state index contributed by atoms with van der Waals surface area (Å²) in [6, 6.07) is 25.5. The van der Waals surface area contributed by atoms with Crippen molar-refractivity contribution in [3.8, 4) is 5.75 Å². The van der Waals surface area contributed by atoms with Gasteiger partial charge in [-0.05, 0) is 86.2 Å². The van der Waals surface area contributed by atoms with E-state index in [1.165, 1.54) is 11.1 Å². The lowest BCUT2D eigenvalue weighted by Crippen LogP contribution is -2.41. The molecule has 1 aromatic heterocycles. The van der Waals surface area contributed by atoms with E-state index in [1.54, 1.807) is 12.1 Å². The second-order valence-electron chi connectivity index (χ2n) is 10.6. The highest BCUT2D eigenvalue weighted by Crippen LogP contribution is 2.41. The molecule has 2 amide bonds. The second kappa shape index (κ2) is 10.4. The standard InChI is InChI=1S/C33H32N2O4/c1-21-3-7-24(8-4-21)31-29-19-27(14-11-23(29)17-18-35(31)33(37)25-9-10-25)38-20-28-15-16-30(39-28)32(36)34-26-12-5-22(2)6-13-26/h3-8,11-16,19,25,31H,9-10,17-18,20H2,1-2H3,(H,34,36)/t31-/m0/s1. The SMILES string of the molecule is Cc1ccc(NC(=O)c2ccc(COc3ccc4c(c3)[C@H](c3ccc(C)cc3)N(C(=O)C3CC3)CC4)o2)cc1. The van der Waals surface area contributed by atoms with Crippen molar-refractivity contribution < 1.29 is 18.7 Å². The molecule has 0 saturated heterocycles. The number of nitrogens with one attached hydrogen (secondary N) is 1. The zero-order valence-corrected chi connectivity index (χ0v) is 22.3. The Bertz CT molecular complexity index is 1500. The molecule has 1 atom stereocenters.